The zero-order valence-corrected chi connectivity index (χ0v) is 13.3. The summed E-state index contributed by atoms with van der Waals surface area (Å²) >= 11 is 0.858. The summed E-state index contributed by atoms with van der Waals surface area (Å²) in [5, 5.41) is 18.5. The van der Waals surface area contributed by atoms with Crippen LogP contribution in [0.15, 0.2) is 5.16 Å². The van der Waals surface area contributed by atoms with Gasteiger partial charge in [0.2, 0.25) is 11.7 Å². The molecule has 23 heavy (non-hydrogen) atoms. The molecule has 1 aliphatic carbocycles. The number of rotatable bonds is 4. The van der Waals surface area contributed by atoms with E-state index in [1.54, 1.807) is 0 Å². The molecular weight excluding hydrogens is 331 g/mol. The largest absolute Gasteiger partial charge is 0.451 e. The summed E-state index contributed by atoms with van der Waals surface area (Å²) in [4.78, 5) is 12.0. The van der Waals surface area contributed by atoms with E-state index >= 15 is 0 Å². The zero-order chi connectivity index (χ0) is 17.1. The Bertz CT molecular complexity index is 616. The summed E-state index contributed by atoms with van der Waals surface area (Å²) in [5.74, 6) is -1.62. The SMILES string of the molecule is Cn1c(SCC(=O)NC2(C#N)CCCCC2)nnc1C(F)(F)F. The van der Waals surface area contributed by atoms with Gasteiger partial charge in [0.15, 0.2) is 5.16 Å². The van der Waals surface area contributed by atoms with Crippen LogP contribution in [0, 0.1) is 11.3 Å². The molecule has 0 aliphatic heterocycles. The minimum atomic E-state index is -4.59. The third kappa shape index (κ3) is 4.16. The number of nitrogens with one attached hydrogen (secondary N) is 1. The second kappa shape index (κ2) is 6.78. The fourth-order valence-corrected chi connectivity index (χ4v) is 3.25. The van der Waals surface area contributed by atoms with E-state index in [-0.39, 0.29) is 10.9 Å². The topological polar surface area (TPSA) is 83.6 Å². The summed E-state index contributed by atoms with van der Waals surface area (Å²) in [7, 11) is 1.20. The molecule has 0 radical (unpaired) electrons. The average Bonchev–Trinajstić information content (AvgIpc) is 2.87. The van der Waals surface area contributed by atoms with Crippen LogP contribution in [-0.2, 0) is 18.0 Å². The number of hydrogen-bond donors (Lipinski definition) is 1. The molecule has 0 bridgehead atoms. The molecule has 0 atom stereocenters. The Morgan fingerprint density at radius 3 is 2.57 bits per heavy atom. The van der Waals surface area contributed by atoms with Crippen LogP contribution in [0.5, 0.6) is 0 Å². The molecule has 1 fully saturated rings. The summed E-state index contributed by atoms with van der Waals surface area (Å²) in [6.45, 7) is 0. The number of nitriles is 1. The maximum Gasteiger partial charge on any atom is 0.451 e. The standard InChI is InChI=1S/C13H16F3N5OS/c1-21-10(13(14,15)16)19-20-11(21)23-7-9(22)18-12(8-17)5-3-2-4-6-12/h2-7H2,1H3,(H,18,22). The lowest BCUT2D eigenvalue weighted by atomic mass is 9.83. The molecule has 0 saturated heterocycles. The van der Waals surface area contributed by atoms with Crippen molar-refractivity contribution in [1.29, 1.82) is 5.26 Å². The number of carbonyl (C=O) groups excluding carboxylic acids is 1. The first-order valence-electron chi connectivity index (χ1n) is 7.09. The predicted octanol–water partition coefficient (Wildman–Crippen LogP) is 2.27. The Morgan fingerprint density at radius 2 is 2.04 bits per heavy atom. The predicted molar refractivity (Wildman–Crippen MR) is 76.3 cm³/mol. The van der Waals surface area contributed by atoms with Crippen molar-refractivity contribution in [2.24, 2.45) is 7.05 Å². The Labute approximate surface area is 135 Å². The van der Waals surface area contributed by atoms with Crippen LogP contribution in [0.2, 0.25) is 0 Å². The number of thioether (sulfide) groups is 1. The lowest BCUT2D eigenvalue weighted by Crippen LogP contribution is -2.49. The molecule has 1 aromatic rings. The Balaban J connectivity index is 1.95. The fraction of sp³-hybridized carbons (Fsp3) is 0.692. The molecule has 0 aromatic carbocycles. The van der Waals surface area contributed by atoms with Crippen LogP contribution in [0.4, 0.5) is 13.2 Å². The van der Waals surface area contributed by atoms with Crippen molar-refractivity contribution in [3.05, 3.63) is 5.82 Å². The van der Waals surface area contributed by atoms with Gasteiger partial charge in [-0.2, -0.15) is 18.4 Å². The van der Waals surface area contributed by atoms with Crippen molar-refractivity contribution in [2.75, 3.05) is 5.75 Å². The van der Waals surface area contributed by atoms with Gasteiger partial charge in [0.25, 0.3) is 0 Å². The second-order valence-corrected chi connectivity index (χ2v) is 6.40. The van der Waals surface area contributed by atoms with Crippen molar-refractivity contribution in [2.45, 2.75) is 49.0 Å². The molecule has 1 saturated carbocycles. The summed E-state index contributed by atoms with van der Waals surface area (Å²) in [6, 6.07) is 2.16. The first-order chi connectivity index (χ1) is 10.8. The molecule has 1 heterocycles. The zero-order valence-electron chi connectivity index (χ0n) is 12.5. The quantitative estimate of drug-likeness (QED) is 0.845. The first kappa shape index (κ1) is 17.6. The van der Waals surface area contributed by atoms with E-state index in [2.05, 4.69) is 21.6 Å². The van der Waals surface area contributed by atoms with E-state index in [0.29, 0.717) is 12.8 Å². The van der Waals surface area contributed by atoms with Crippen molar-refractivity contribution in [3.8, 4) is 6.07 Å². The van der Waals surface area contributed by atoms with Gasteiger partial charge >= 0.3 is 6.18 Å². The number of aromatic nitrogens is 3. The van der Waals surface area contributed by atoms with Crippen LogP contribution >= 0.6 is 11.8 Å². The molecule has 1 amide bonds. The Kier molecular flexibility index (Phi) is 5.19. The number of carbonyl (C=O) groups is 1. The number of halogens is 3. The van der Waals surface area contributed by atoms with E-state index in [9.17, 15) is 23.2 Å². The molecule has 1 aliphatic rings. The number of hydrogen-bond acceptors (Lipinski definition) is 5. The number of nitrogens with zero attached hydrogens (tertiary/aromatic N) is 4. The number of alkyl halides is 3. The van der Waals surface area contributed by atoms with Gasteiger partial charge in [0.1, 0.15) is 5.54 Å². The van der Waals surface area contributed by atoms with Crippen molar-refractivity contribution < 1.29 is 18.0 Å². The molecule has 1 aromatic heterocycles. The molecule has 126 valence electrons. The molecular formula is C13H16F3N5OS. The third-order valence-electron chi connectivity index (χ3n) is 3.72. The summed E-state index contributed by atoms with van der Waals surface area (Å²) < 4.78 is 38.7. The number of amides is 1. The van der Waals surface area contributed by atoms with Gasteiger partial charge in [0, 0.05) is 7.05 Å². The average molecular weight is 347 g/mol. The van der Waals surface area contributed by atoms with Gasteiger partial charge in [-0.1, -0.05) is 31.0 Å². The monoisotopic (exact) mass is 347 g/mol. The Morgan fingerprint density at radius 1 is 1.39 bits per heavy atom. The van der Waals surface area contributed by atoms with Crippen LogP contribution in [0.1, 0.15) is 37.9 Å². The lowest BCUT2D eigenvalue weighted by molar-refractivity contribution is -0.147. The van der Waals surface area contributed by atoms with Crippen LogP contribution in [0.25, 0.3) is 0 Å². The minimum Gasteiger partial charge on any atom is -0.337 e. The smallest absolute Gasteiger partial charge is 0.337 e. The van der Waals surface area contributed by atoms with Crippen molar-refractivity contribution >= 4 is 17.7 Å². The van der Waals surface area contributed by atoms with E-state index in [4.69, 9.17) is 0 Å². The van der Waals surface area contributed by atoms with Crippen LogP contribution in [-0.4, -0.2) is 32.0 Å². The van der Waals surface area contributed by atoms with E-state index in [1.165, 1.54) is 7.05 Å². The van der Waals surface area contributed by atoms with E-state index in [0.717, 1.165) is 35.6 Å². The molecule has 6 nitrogen and oxygen atoms in total. The van der Waals surface area contributed by atoms with Gasteiger partial charge in [-0.25, -0.2) is 0 Å². The molecule has 10 heteroatoms. The van der Waals surface area contributed by atoms with Gasteiger partial charge < -0.3 is 9.88 Å². The third-order valence-corrected chi connectivity index (χ3v) is 4.74. The lowest BCUT2D eigenvalue weighted by Gasteiger charge is -2.31. The van der Waals surface area contributed by atoms with Gasteiger partial charge in [-0.15, -0.1) is 10.2 Å². The molecule has 1 N–H and O–H groups in total. The molecule has 0 unspecified atom stereocenters. The van der Waals surface area contributed by atoms with Crippen LogP contribution < -0.4 is 5.32 Å². The van der Waals surface area contributed by atoms with Gasteiger partial charge in [-0.3, -0.25) is 4.79 Å². The summed E-state index contributed by atoms with van der Waals surface area (Å²) in [6.07, 6.45) is -0.606. The normalized spacial score (nSPS) is 17.5. The fourth-order valence-electron chi connectivity index (χ4n) is 2.54. The highest BCUT2D eigenvalue weighted by atomic mass is 32.2. The summed E-state index contributed by atoms with van der Waals surface area (Å²) in [5.41, 5.74) is -0.854. The molecule has 2 rings (SSSR count). The maximum atomic E-state index is 12.6. The first-order valence-corrected chi connectivity index (χ1v) is 8.08. The highest BCUT2D eigenvalue weighted by molar-refractivity contribution is 7.99. The highest BCUT2D eigenvalue weighted by Crippen LogP contribution is 2.30. The van der Waals surface area contributed by atoms with Gasteiger partial charge in [0.05, 0.1) is 11.8 Å². The molecule has 0 spiro atoms. The Hall–Kier alpha value is -1.76. The maximum absolute atomic E-state index is 12.6. The highest BCUT2D eigenvalue weighted by Gasteiger charge is 2.38. The van der Waals surface area contributed by atoms with Crippen molar-refractivity contribution in [3.63, 3.8) is 0 Å². The van der Waals surface area contributed by atoms with Crippen molar-refractivity contribution in [1.82, 2.24) is 20.1 Å². The van der Waals surface area contributed by atoms with E-state index < -0.39 is 23.4 Å². The van der Waals surface area contributed by atoms with E-state index in [1.807, 2.05) is 0 Å². The second-order valence-electron chi connectivity index (χ2n) is 5.45. The van der Waals surface area contributed by atoms with Crippen LogP contribution in [0.3, 0.4) is 0 Å². The minimum absolute atomic E-state index is 0.00197. The van der Waals surface area contributed by atoms with Gasteiger partial charge in [-0.05, 0) is 12.8 Å².